The average Bonchev–Trinajstić information content (AvgIpc) is 2.96. The van der Waals surface area contributed by atoms with E-state index in [1.807, 2.05) is 24.3 Å². The third-order valence-corrected chi connectivity index (χ3v) is 5.16. The van der Waals surface area contributed by atoms with Crippen LogP contribution in [0.4, 0.5) is 0 Å². The number of benzene rings is 1. The minimum absolute atomic E-state index is 0.0811. The van der Waals surface area contributed by atoms with E-state index >= 15 is 0 Å². The van der Waals surface area contributed by atoms with E-state index in [-0.39, 0.29) is 5.41 Å². The van der Waals surface area contributed by atoms with Crippen LogP contribution in [-0.4, -0.2) is 25.8 Å². The summed E-state index contributed by atoms with van der Waals surface area (Å²) >= 11 is 0. The number of fused-ring (bicyclic) bond motifs is 5. The molecule has 0 saturated heterocycles. The molecule has 0 fully saturated rings. The van der Waals surface area contributed by atoms with Gasteiger partial charge in [-0.15, -0.1) is 0 Å². The van der Waals surface area contributed by atoms with Crippen molar-refractivity contribution in [1.82, 2.24) is 9.71 Å². The number of para-hydroxylation sites is 1. The second-order valence-corrected chi connectivity index (χ2v) is 7.75. The Kier molecular flexibility index (Phi) is 3.49. The average molecular weight is 337 g/mol. The number of rotatable bonds is 2. The second-order valence-electron chi connectivity index (χ2n) is 7.75. The molecule has 0 saturated carbocycles. The quantitative estimate of drug-likeness (QED) is 0.411. The van der Waals surface area contributed by atoms with E-state index in [0.717, 1.165) is 52.0 Å². The first-order chi connectivity index (χ1) is 12.0. The summed E-state index contributed by atoms with van der Waals surface area (Å²) in [5, 5.41) is 25.3. The normalized spacial score (nSPS) is 18.1. The summed E-state index contributed by atoms with van der Waals surface area (Å²) in [5.41, 5.74) is 5.71. The lowest BCUT2D eigenvalue weighted by molar-refractivity contribution is 0.155. The Morgan fingerprint density at radius 1 is 1.20 bits per heavy atom. The highest BCUT2D eigenvalue weighted by Crippen LogP contribution is 2.44. The van der Waals surface area contributed by atoms with Gasteiger partial charge < -0.3 is 10.4 Å². The Bertz CT molecular complexity index is 969. The second kappa shape index (κ2) is 5.48. The lowest BCUT2D eigenvalue weighted by atomic mass is 9.74. The molecule has 1 aliphatic carbocycles. The van der Waals surface area contributed by atoms with Crippen molar-refractivity contribution in [1.29, 1.82) is 0 Å². The maximum Gasteiger partial charge on any atom is 0.0914 e. The number of oxime groups is 1. The highest BCUT2D eigenvalue weighted by molar-refractivity contribution is 6.12. The Balaban J connectivity index is 2.17. The van der Waals surface area contributed by atoms with Crippen molar-refractivity contribution in [2.24, 2.45) is 10.6 Å². The minimum atomic E-state index is -0.0811. The van der Waals surface area contributed by atoms with E-state index < -0.39 is 0 Å². The molecule has 2 aliphatic heterocycles. The fourth-order valence-corrected chi connectivity index (χ4v) is 4.15. The van der Waals surface area contributed by atoms with Crippen molar-refractivity contribution in [3.05, 3.63) is 41.2 Å². The van der Waals surface area contributed by atoms with Crippen LogP contribution >= 0.6 is 0 Å². The van der Waals surface area contributed by atoms with Gasteiger partial charge in [0.15, 0.2) is 0 Å². The van der Waals surface area contributed by atoms with Crippen LogP contribution in [0.5, 0.6) is 0 Å². The van der Waals surface area contributed by atoms with Gasteiger partial charge in [0.2, 0.25) is 0 Å². The fourth-order valence-electron chi connectivity index (χ4n) is 4.15. The zero-order valence-corrected chi connectivity index (χ0v) is 14.9. The highest BCUT2D eigenvalue weighted by atomic mass is 16.5. The van der Waals surface area contributed by atoms with Crippen molar-refractivity contribution in [2.75, 3.05) is 0 Å². The summed E-state index contributed by atoms with van der Waals surface area (Å²) in [6, 6.07) is 7.99. The SMILES string of the molecule is CCCc1c2c3ccccc3nc-2c2c(n1O)CC(C)(C)C/C2=N/O. The Morgan fingerprint density at radius 3 is 2.68 bits per heavy atom. The molecule has 0 amide bonds. The molecular weight excluding hydrogens is 314 g/mol. The molecule has 0 atom stereocenters. The topological polar surface area (TPSA) is 70.6 Å². The molecule has 5 heteroatoms. The number of pyridine rings is 1. The lowest BCUT2D eigenvalue weighted by Gasteiger charge is -2.34. The summed E-state index contributed by atoms with van der Waals surface area (Å²) < 4.78 is 1.33. The molecule has 0 bridgehead atoms. The van der Waals surface area contributed by atoms with Gasteiger partial charge in [0.05, 0.1) is 28.3 Å². The monoisotopic (exact) mass is 337 g/mol. The van der Waals surface area contributed by atoms with E-state index in [4.69, 9.17) is 4.98 Å². The summed E-state index contributed by atoms with van der Waals surface area (Å²) in [4.78, 5) is 4.84. The number of hydrogen-bond donors (Lipinski definition) is 2. The zero-order valence-electron chi connectivity index (χ0n) is 14.9. The first-order valence-corrected chi connectivity index (χ1v) is 8.82. The molecule has 130 valence electrons. The molecule has 4 rings (SSSR count). The summed E-state index contributed by atoms with van der Waals surface area (Å²) in [5.74, 6) is 0. The minimum Gasteiger partial charge on any atom is -0.428 e. The van der Waals surface area contributed by atoms with Gasteiger partial charge in [-0.2, -0.15) is 4.73 Å². The summed E-state index contributed by atoms with van der Waals surface area (Å²) in [6.45, 7) is 6.36. The van der Waals surface area contributed by atoms with Gasteiger partial charge in [0.1, 0.15) is 0 Å². The van der Waals surface area contributed by atoms with Crippen LogP contribution < -0.4 is 0 Å². The molecule has 5 nitrogen and oxygen atoms in total. The molecule has 2 heterocycles. The third-order valence-electron chi connectivity index (χ3n) is 5.16. The van der Waals surface area contributed by atoms with E-state index in [9.17, 15) is 10.4 Å². The largest absolute Gasteiger partial charge is 0.428 e. The standard InChI is InChI=1S/C20H23N3O2/c1-4-7-15-17-12-8-5-6-9-13(12)21-19(17)18-14(22-24)10-20(2,3)11-16(18)23(15)25/h5-6,8-9,24-25H,4,7,10-11H2,1-3H3/b22-14-. The zero-order chi connectivity index (χ0) is 17.8. The van der Waals surface area contributed by atoms with Crippen molar-refractivity contribution in [2.45, 2.75) is 46.5 Å². The van der Waals surface area contributed by atoms with E-state index in [1.54, 1.807) is 0 Å². The first-order valence-electron chi connectivity index (χ1n) is 8.82. The molecular formula is C20H23N3O2. The molecule has 1 aromatic rings. The fraction of sp³-hybridized carbons (Fsp3) is 0.400. The van der Waals surface area contributed by atoms with Crippen molar-refractivity contribution in [3.63, 3.8) is 0 Å². The van der Waals surface area contributed by atoms with Gasteiger partial charge in [-0.05, 0) is 30.7 Å². The third kappa shape index (κ3) is 2.29. The molecule has 25 heavy (non-hydrogen) atoms. The molecule has 2 N–H and O–H groups in total. The Morgan fingerprint density at radius 2 is 1.96 bits per heavy atom. The van der Waals surface area contributed by atoms with Crippen LogP contribution in [0.3, 0.4) is 0 Å². The number of aromatic nitrogens is 2. The van der Waals surface area contributed by atoms with Crippen molar-refractivity contribution < 1.29 is 10.4 Å². The number of hydrogen-bond acceptors (Lipinski definition) is 4. The van der Waals surface area contributed by atoms with Gasteiger partial charge in [-0.3, -0.25) is 0 Å². The number of nitrogens with zero attached hydrogens (tertiary/aromatic N) is 3. The van der Waals surface area contributed by atoms with Crippen LogP contribution in [-0.2, 0) is 12.8 Å². The molecule has 3 aliphatic rings. The molecule has 0 aromatic heterocycles. The molecule has 1 aromatic carbocycles. The van der Waals surface area contributed by atoms with Crippen LogP contribution in [0.2, 0.25) is 0 Å². The summed E-state index contributed by atoms with van der Waals surface area (Å²) in [6.07, 6.45) is 3.07. The van der Waals surface area contributed by atoms with Crippen LogP contribution in [0.1, 0.15) is 50.6 Å². The van der Waals surface area contributed by atoms with Crippen molar-refractivity contribution in [3.8, 4) is 11.3 Å². The van der Waals surface area contributed by atoms with E-state index in [2.05, 4.69) is 25.9 Å². The predicted molar refractivity (Wildman–Crippen MR) is 98.0 cm³/mol. The van der Waals surface area contributed by atoms with Crippen LogP contribution in [0.25, 0.3) is 22.2 Å². The summed E-state index contributed by atoms with van der Waals surface area (Å²) in [7, 11) is 0. The molecule has 0 unspecified atom stereocenters. The highest BCUT2D eigenvalue weighted by Gasteiger charge is 2.37. The maximum absolute atomic E-state index is 11.0. The smallest absolute Gasteiger partial charge is 0.0914 e. The van der Waals surface area contributed by atoms with Gasteiger partial charge in [0.25, 0.3) is 0 Å². The van der Waals surface area contributed by atoms with E-state index in [0.29, 0.717) is 18.6 Å². The maximum atomic E-state index is 11.0. The first kappa shape index (κ1) is 15.9. The van der Waals surface area contributed by atoms with Gasteiger partial charge in [0, 0.05) is 16.5 Å². The predicted octanol–water partition coefficient (Wildman–Crippen LogP) is 4.48. The van der Waals surface area contributed by atoms with Crippen molar-refractivity contribution >= 4 is 16.6 Å². The van der Waals surface area contributed by atoms with Gasteiger partial charge in [-0.1, -0.05) is 50.5 Å². The molecule has 0 spiro atoms. The lowest BCUT2D eigenvalue weighted by Crippen LogP contribution is -2.32. The Hall–Kier alpha value is -2.56. The van der Waals surface area contributed by atoms with E-state index in [1.165, 1.54) is 4.73 Å². The van der Waals surface area contributed by atoms with Crippen LogP contribution in [0.15, 0.2) is 29.4 Å². The Labute approximate surface area is 146 Å². The van der Waals surface area contributed by atoms with Crippen LogP contribution in [0, 0.1) is 5.41 Å². The van der Waals surface area contributed by atoms with Gasteiger partial charge >= 0.3 is 0 Å². The van der Waals surface area contributed by atoms with Gasteiger partial charge in [-0.25, -0.2) is 4.98 Å². The molecule has 0 radical (unpaired) electrons.